The van der Waals surface area contributed by atoms with E-state index in [9.17, 15) is 14.9 Å². The highest BCUT2D eigenvalue weighted by molar-refractivity contribution is 6.18. The monoisotopic (exact) mass is 505 g/mol. The summed E-state index contributed by atoms with van der Waals surface area (Å²) in [4.78, 5) is 25.6. The molecule has 1 atom stereocenters. The topological polar surface area (TPSA) is 104 Å². The Morgan fingerprint density at radius 3 is 2.16 bits per heavy atom. The molecule has 0 fully saturated rings. The third-order valence-corrected chi connectivity index (χ3v) is 6.60. The summed E-state index contributed by atoms with van der Waals surface area (Å²) >= 11 is 0. The number of methoxy groups -OCH3 is 3. The van der Waals surface area contributed by atoms with E-state index in [1.54, 1.807) is 33.9 Å². The van der Waals surface area contributed by atoms with Crippen molar-refractivity contribution in [2.24, 2.45) is 5.41 Å². The van der Waals surface area contributed by atoms with Crippen molar-refractivity contribution in [1.82, 2.24) is 0 Å². The molecule has 0 aliphatic heterocycles. The lowest BCUT2D eigenvalue weighted by atomic mass is 9.79. The smallest absolute Gasteiger partial charge is 0.316 e. The molecule has 4 rings (SSSR count). The summed E-state index contributed by atoms with van der Waals surface area (Å²) in [6.45, 7) is 6.62. The van der Waals surface area contributed by atoms with Crippen LogP contribution in [0.4, 0.5) is 0 Å². The number of ether oxygens (including phenoxy) is 5. The van der Waals surface area contributed by atoms with Crippen LogP contribution in [0.2, 0.25) is 0 Å². The number of benzene rings is 3. The summed E-state index contributed by atoms with van der Waals surface area (Å²) in [5.74, 6) is 0.232. The molecular weight excluding hydrogens is 474 g/mol. The van der Waals surface area contributed by atoms with Crippen LogP contribution in [0.1, 0.15) is 57.6 Å². The second kappa shape index (κ2) is 9.81. The van der Waals surface area contributed by atoms with Crippen molar-refractivity contribution in [3.05, 3.63) is 29.3 Å². The van der Waals surface area contributed by atoms with E-state index in [4.69, 9.17) is 23.7 Å². The number of hydrogen-bond acceptors (Lipinski definition) is 8. The Hall–Kier alpha value is -3.99. The zero-order chi connectivity index (χ0) is 27.1. The molecule has 37 heavy (non-hydrogen) atoms. The Morgan fingerprint density at radius 2 is 1.59 bits per heavy atom. The second-order valence-electron chi connectivity index (χ2n) is 10.1. The van der Waals surface area contributed by atoms with Gasteiger partial charge in [0.1, 0.15) is 28.7 Å². The molecule has 0 amide bonds. The van der Waals surface area contributed by atoms with Gasteiger partial charge in [-0.05, 0) is 46.1 Å². The highest BCUT2D eigenvalue weighted by atomic mass is 16.5. The van der Waals surface area contributed by atoms with Crippen LogP contribution in [0.5, 0.6) is 28.7 Å². The lowest BCUT2D eigenvalue weighted by molar-refractivity contribution is -0.143. The van der Waals surface area contributed by atoms with Gasteiger partial charge in [0.25, 0.3) is 0 Å². The molecule has 3 aromatic carbocycles. The molecule has 0 radical (unpaired) electrons. The predicted octanol–water partition coefficient (Wildman–Crippen LogP) is 5.84. The maximum absolute atomic E-state index is 13.2. The molecule has 0 saturated heterocycles. The Balaban J connectivity index is 2.35. The highest BCUT2D eigenvalue weighted by Crippen LogP contribution is 2.57. The Kier molecular flexibility index (Phi) is 6.92. The largest absolute Gasteiger partial charge is 0.496 e. The molecule has 0 N–H and O–H groups in total. The van der Waals surface area contributed by atoms with Crippen LogP contribution in [0.25, 0.3) is 21.5 Å². The first-order chi connectivity index (χ1) is 17.6. The number of carbonyl (C=O) groups is 2. The molecule has 0 aromatic heterocycles. The minimum atomic E-state index is -0.797. The lowest BCUT2D eigenvalue weighted by Gasteiger charge is -2.30. The van der Waals surface area contributed by atoms with Gasteiger partial charge in [0.05, 0.1) is 54.9 Å². The Labute approximate surface area is 216 Å². The van der Waals surface area contributed by atoms with Gasteiger partial charge in [-0.3, -0.25) is 9.59 Å². The Bertz CT molecular complexity index is 1460. The van der Waals surface area contributed by atoms with E-state index in [1.165, 1.54) is 21.1 Å². The highest BCUT2D eigenvalue weighted by Gasteiger charge is 2.37. The molecule has 8 nitrogen and oxygen atoms in total. The van der Waals surface area contributed by atoms with Crippen molar-refractivity contribution < 1.29 is 33.3 Å². The van der Waals surface area contributed by atoms with Gasteiger partial charge in [-0.1, -0.05) is 12.1 Å². The van der Waals surface area contributed by atoms with Crippen LogP contribution in [-0.4, -0.2) is 33.3 Å². The molecule has 194 valence electrons. The van der Waals surface area contributed by atoms with Crippen LogP contribution in [-0.2, 0) is 16.0 Å². The summed E-state index contributed by atoms with van der Waals surface area (Å²) in [7, 11) is 4.58. The number of fused-ring (bicyclic) bond motifs is 3. The van der Waals surface area contributed by atoms with E-state index >= 15 is 0 Å². The second-order valence-corrected chi connectivity index (χ2v) is 10.1. The minimum absolute atomic E-state index is 0.210. The molecule has 0 bridgehead atoms. The van der Waals surface area contributed by atoms with E-state index < -0.39 is 23.3 Å². The van der Waals surface area contributed by atoms with Crippen molar-refractivity contribution in [2.45, 2.75) is 52.9 Å². The maximum atomic E-state index is 13.2. The normalized spacial score (nSPS) is 15.0. The van der Waals surface area contributed by atoms with E-state index in [1.807, 2.05) is 12.1 Å². The molecule has 0 spiro atoms. The third-order valence-electron chi connectivity index (χ3n) is 6.60. The number of carbonyl (C=O) groups excluding carboxylic acids is 2. The molecular formula is C29H31NO7. The van der Waals surface area contributed by atoms with Crippen LogP contribution in [0.15, 0.2) is 18.2 Å². The first-order valence-electron chi connectivity index (χ1n) is 12.1. The van der Waals surface area contributed by atoms with Gasteiger partial charge in [-0.15, -0.1) is 0 Å². The number of nitrogens with zero attached hydrogens (tertiary/aromatic N) is 1. The van der Waals surface area contributed by atoms with Gasteiger partial charge in [0.2, 0.25) is 0 Å². The van der Waals surface area contributed by atoms with E-state index in [0.29, 0.717) is 74.9 Å². The van der Waals surface area contributed by atoms with Gasteiger partial charge in [0.15, 0.2) is 0 Å². The standard InChI is InChI=1S/C29H31NO7/c1-15(31)36-27-20-16(14-30)10-8-11-17(20)25(37-28(32)29(2,3)4)22-23(27)26(35-7)21-18(24(22)34-6)12-9-13-19(21)33-5/h9,12-13,16H,8,10-11H2,1-7H3/t16-/m0/s1. The van der Waals surface area contributed by atoms with Crippen LogP contribution >= 0.6 is 0 Å². The molecule has 1 aliphatic rings. The average Bonchev–Trinajstić information content (AvgIpc) is 2.87. The maximum Gasteiger partial charge on any atom is 0.316 e. The van der Waals surface area contributed by atoms with Gasteiger partial charge in [-0.2, -0.15) is 5.26 Å². The summed E-state index contributed by atoms with van der Waals surface area (Å²) < 4.78 is 29.5. The fourth-order valence-corrected chi connectivity index (χ4v) is 4.99. The number of hydrogen-bond donors (Lipinski definition) is 0. The van der Waals surface area contributed by atoms with Gasteiger partial charge < -0.3 is 23.7 Å². The molecule has 0 unspecified atom stereocenters. The van der Waals surface area contributed by atoms with Crippen LogP contribution in [0.3, 0.4) is 0 Å². The molecule has 3 aromatic rings. The number of rotatable bonds is 5. The molecule has 0 saturated carbocycles. The first kappa shape index (κ1) is 26.1. The molecule has 8 heteroatoms. The zero-order valence-corrected chi connectivity index (χ0v) is 22.2. The first-order valence-corrected chi connectivity index (χ1v) is 12.1. The quantitative estimate of drug-likeness (QED) is 0.242. The summed E-state index contributed by atoms with van der Waals surface area (Å²) in [6, 6.07) is 7.82. The van der Waals surface area contributed by atoms with Crippen LogP contribution < -0.4 is 23.7 Å². The molecule has 0 heterocycles. The predicted molar refractivity (Wildman–Crippen MR) is 139 cm³/mol. The Morgan fingerprint density at radius 1 is 0.919 bits per heavy atom. The van der Waals surface area contributed by atoms with Crippen molar-refractivity contribution >= 4 is 33.5 Å². The lowest BCUT2D eigenvalue weighted by Crippen LogP contribution is -2.27. The van der Waals surface area contributed by atoms with E-state index in [2.05, 4.69) is 6.07 Å². The SMILES string of the molecule is COc1cccc2c(OC)c3c(OC(=O)C(C)(C)C)c4c(c(OC(C)=O)c3c(OC)c12)[C@H](C#N)CCC4. The van der Waals surface area contributed by atoms with Crippen molar-refractivity contribution in [2.75, 3.05) is 21.3 Å². The van der Waals surface area contributed by atoms with Crippen LogP contribution in [0, 0.1) is 16.7 Å². The van der Waals surface area contributed by atoms with Gasteiger partial charge >= 0.3 is 11.9 Å². The zero-order valence-electron chi connectivity index (χ0n) is 22.2. The van der Waals surface area contributed by atoms with Crippen molar-refractivity contribution in [3.8, 4) is 34.8 Å². The minimum Gasteiger partial charge on any atom is -0.496 e. The number of nitriles is 1. The third kappa shape index (κ3) is 4.29. The molecule has 1 aliphatic carbocycles. The summed E-state index contributed by atoms with van der Waals surface area (Å²) in [5.41, 5.74) is 0.388. The van der Waals surface area contributed by atoms with Gasteiger partial charge in [-0.25, -0.2) is 0 Å². The van der Waals surface area contributed by atoms with E-state index in [-0.39, 0.29) is 5.75 Å². The van der Waals surface area contributed by atoms with E-state index in [0.717, 1.165) is 0 Å². The fraction of sp³-hybridized carbons (Fsp3) is 0.414. The number of esters is 2. The average molecular weight is 506 g/mol. The summed E-state index contributed by atoms with van der Waals surface area (Å²) in [5, 5.41) is 12.2. The fourth-order valence-electron chi connectivity index (χ4n) is 4.99. The summed E-state index contributed by atoms with van der Waals surface area (Å²) in [6.07, 6.45) is 1.82. The van der Waals surface area contributed by atoms with Crippen molar-refractivity contribution in [1.29, 1.82) is 5.26 Å². The van der Waals surface area contributed by atoms with Gasteiger partial charge in [0, 0.05) is 23.4 Å². The van der Waals surface area contributed by atoms with Crippen molar-refractivity contribution in [3.63, 3.8) is 0 Å².